The van der Waals surface area contributed by atoms with Gasteiger partial charge in [0.15, 0.2) is 0 Å². The molecule has 0 unspecified atom stereocenters. The first-order valence-electron chi connectivity index (χ1n) is 1.07. The van der Waals surface area contributed by atoms with Crippen molar-refractivity contribution in [3.8, 4) is 0 Å². The number of hydrogen-bond donors (Lipinski definition) is 0. The van der Waals surface area contributed by atoms with Crippen molar-refractivity contribution < 1.29 is 105 Å². The van der Waals surface area contributed by atoms with Crippen LogP contribution in [0.4, 0.5) is 0 Å². The zero-order chi connectivity index (χ0) is 5.15. The summed E-state index contributed by atoms with van der Waals surface area (Å²) in [5, 5.41) is 17.9. The monoisotopic (exact) mass is 237 g/mol. The molecule has 0 bridgehead atoms. The van der Waals surface area contributed by atoms with E-state index in [1.165, 1.54) is 0 Å². The minimum absolute atomic E-state index is 0. The van der Waals surface area contributed by atoms with Crippen LogP contribution in [0, 0.1) is 0 Å². The van der Waals surface area contributed by atoms with E-state index in [2.05, 4.69) is 0 Å². The van der Waals surface area contributed by atoms with Crippen molar-refractivity contribution in [2.75, 3.05) is 0 Å². The van der Waals surface area contributed by atoms with Gasteiger partial charge in [0.05, 0.1) is 11.9 Å². The number of hydrogen-bond acceptors (Lipinski definition) is 4. The molecular formula is C2H6FeKO7+2. The quantitative estimate of drug-likeness (QED) is 0.300. The Morgan fingerprint density at radius 2 is 0.909 bits per heavy atom. The van der Waals surface area contributed by atoms with Crippen molar-refractivity contribution in [1.29, 1.82) is 0 Å². The molecule has 0 aliphatic rings. The minimum atomic E-state index is -2.19. The standard InChI is InChI=1S/C2H2O4.Fe.K.3H2O/c3-1(4)2(5)6;;;;;/h(H,3,4)(H,5,6);;;3*1H2/q;+3;+1;;;/p-2. The Bertz CT molecular complexity index is 82.4. The fourth-order valence-corrected chi connectivity index (χ4v) is 0. The summed E-state index contributed by atoms with van der Waals surface area (Å²) in [5.74, 6) is -4.37. The predicted molar refractivity (Wildman–Crippen MR) is 20.9 cm³/mol. The molecular weight excluding hydrogens is 231 g/mol. The van der Waals surface area contributed by atoms with Crippen molar-refractivity contribution in [3.05, 3.63) is 0 Å². The van der Waals surface area contributed by atoms with E-state index >= 15 is 0 Å². The van der Waals surface area contributed by atoms with E-state index in [9.17, 15) is 0 Å². The number of carboxylic acids is 2. The minimum Gasteiger partial charge on any atom is -0.543 e. The smallest absolute Gasteiger partial charge is 0.543 e. The third-order valence-electron chi connectivity index (χ3n) is 0.167. The van der Waals surface area contributed by atoms with Crippen LogP contribution in [0.2, 0.25) is 0 Å². The maximum Gasteiger partial charge on any atom is 3.00 e. The topological polar surface area (TPSA) is 175 Å². The molecule has 0 aromatic carbocycles. The molecule has 0 atom stereocenters. The van der Waals surface area contributed by atoms with Crippen molar-refractivity contribution in [2.24, 2.45) is 0 Å². The van der Waals surface area contributed by atoms with Crippen LogP contribution in [0.1, 0.15) is 0 Å². The first-order chi connectivity index (χ1) is 2.64. The molecule has 0 amide bonds. The molecule has 0 saturated heterocycles. The molecule has 0 aliphatic heterocycles. The summed E-state index contributed by atoms with van der Waals surface area (Å²) < 4.78 is 0. The van der Waals surface area contributed by atoms with Crippen LogP contribution in [-0.2, 0) is 26.7 Å². The largest absolute Gasteiger partial charge is 3.00 e. The van der Waals surface area contributed by atoms with E-state index in [0.29, 0.717) is 0 Å². The summed E-state index contributed by atoms with van der Waals surface area (Å²) in [7, 11) is 0. The molecule has 0 fully saturated rings. The Hall–Kier alpha value is 0.976. The molecule has 7 nitrogen and oxygen atoms in total. The van der Waals surface area contributed by atoms with Gasteiger partial charge in [-0.1, -0.05) is 0 Å². The van der Waals surface area contributed by atoms with Crippen LogP contribution in [0.25, 0.3) is 0 Å². The second-order valence-corrected chi connectivity index (χ2v) is 0.575. The first-order valence-corrected chi connectivity index (χ1v) is 1.07. The predicted octanol–water partition coefficient (Wildman–Crippen LogP) is -8.99. The summed E-state index contributed by atoms with van der Waals surface area (Å²) in [4.78, 5) is 17.9. The number of carbonyl (C=O) groups excluding carboxylic acids is 2. The van der Waals surface area contributed by atoms with E-state index in [1.807, 2.05) is 0 Å². The molecule has 1 radical (unpaired) electrons. The Kier molecular flexibility index (Phi) is 82.4. The summed E-state index contributed by atoms with van der Waals surface area (Å²) >= 11 is 0. The van der Waals surface area contributed by atoms with Gasteiger partial charge in [0.25, 0.3) is 0 Å². The van der Waals surface area contributed by atoms with Gasteiger partial charge in [0.2, 0.25) is 0 Å². The molecule has 11 heavy (non-hydrogen) atoms. The van der Waals surface area contributed by atoms with Crippen molar-refractivity contribution in [3.63, 3.8) is 0 Å². The summed E-state index contributed by atoms with van der Waals surface area (Å²) in [5.41, 5.74) is 0. The molecule has 0 saturated carbocycles. The van der Waals surface area contributed by atoms with E-state index < -0.39 is 11.9 Å². The summed E-state index contributed by atoms with van der Waals surface area (Å²) in [6.45, 7) is 0. The maximum atomic E-state index is 8.93. The third kappa shape index (κ3) is 35.7. The molecule has 0 aliphatic carbocycles. The van der Waals surface area contributed by atoms with Crippen LogP contribution in [0.3, 0.4) is 0 Å². The molecule has 63 valence electrons. The Labute approximate surface area is 115 Å². The maximum absolute atomic E-state index is 8.93. The molecule has 9 heteroatoms. The van der Waals surface area contributed by atoms with Crippen molar-refractivity contribution >= 4 is 11.9 Å². The van der Waals surface area contributed by atoms with Crippen LogP contribution >= 0.6 is 0 Å². The molecule has 0 heterocycles. The molecule has 0 aromatic rings. The Balaban J connectivity index is -0.0000000125. The number of rotatable bonds is 0. The van der Waals surface area contributed by atoms with E-state index in [4.69, 9.17) is 19.8 Å². The first kappa shape index (κ1) is 40.4. The third-order valence-corrected chi connectivity index (χ3v) is 0.167. The van der Waals surface area contributed by atoms with Gasteiger partial charge < -0.3 is 36.2 Å². The number of carboxylic acid groups (broad SMARTS) is 2. The zero-order valence-electron chi connectivity index (χ0n) is 5.49. The van der Waals surface area contributed by atoms with Crippen LogP contribution in [0.5, 0.6) is 0 Å². The van der Waals surface area contributed by atoms with Gasteiger partial charge in [-0.2, -0.15) is 0 Å². The second kappa shape index (κ2) is 22.4. The molecule has 0 rings (SSSR count). The SMILES string of the molecule is O.O.O.O=C([O-])C(=O)[O-].[Fe+3].[K+]. The number of carbonyl (C=O) groups is 2. The normalized spacial score (nSPS) is 4.00. The summed E-state index contributed by atoms with van der Waals surface area (Å²) in [6.07, 6.45) is 0. The van der Waals surface area contributed by atoms with Gasteiger partial charge in [-0.05, 0) is 0 Å². The Morgan fingerprint density at radius 1 is 0.818 bits per heavy atom. The average molecular weight is 237 g/mol. The van der Waals surface area contributed by atoms with Crippen LogP contribution in [-0.4, -0.2) is 28.4 Å². The van der Waals surface area contributed by atoms with E-state index in [0.717, 1.165) is 0 Å². The number of aliphatic carboxylic acids is 2. The fourth-order valence-electron chi connectivity index (χ4n) is 0. The van der Waals surface area contributed by atoms with Gasteiger partial charge >= 0.3 is 68.5 Å². The van der Waals surface area contributed by atoms with E-state index in [1.54, 1.807) is 0 Å². The average Bonchev–Trinajstić information content (AvgIpc) is 1.36. The molecule has 6 N–H and O–H groups in total. The van der Waals surface area contributed by atoms with Gasteiger partial charge in [-0.15, -0.1) is 0 Å². The second-order valence-electron chi connectivity index (χ2n) is 0.575. The van der Waals surface area contributed by atoms with Gasteiger partial charge in [-0.25, -0.2) is 0 Å². The van der Waals surface area contributed by atoms with Crippen molar-refractivity contribution in [1.82, 2.24) is 0 Å². The van der Waals surface area contributed by atoms with Crippen LogP contribution in [0.15, 0.2) is 0 Å². The fraction of sp³-hybridized carbons (Fsp3) is 0. The van der Waals surface area contributed by atoms with Gasteiger partial charge in [0, 0.05) is 0 Å². The van der Waals surface area contributed by atoms with Crippen LogP contribution < -0.4 is 61.6 Å². The zero-order valence-corrected chi connectivity index (χ0v) is 9.71. The van der Waals surface area contributed by atoms with E-state index in [-0.39, 0.29) is 84.9 Å². The molecule has 0 aromatic heterocycles. The van der Waals surface area contributed by atoms with Crippen molar-refractivity contribution in [2.45, 2.75) is 0 Å². The van der Waals surface area contributed by atoms with Gasteiger partial charge in [0.1, 0.15) is 0 Å². The summed E-state index contributed by atoms with van der Waals surface area (Å²) in [6, 6.07) is 0. The Morgan fingerprint density at radius 3 is 0.909 bits per heavy atom. The molecule has 0 spiro atoms. The van der Waals surface area contributed by atoms with Gasteiger partial charge in [-0.3, -0.25) is 0 Å².